The van der Waals surface area contributed by atoms with Crippen molar-refractivity contribution in [1.82, 2.24) is 0 Å². The van der Waals surface area contributed by atoms with Crippen LogP contribution in [0.25, 0.3) is 0 Å². The fraction of sp³-hybridized carbons (Fsp3) is 1.00. The van der Waals surface area contributed by atoms with E-state index in [0.29, 0.717) is 5.92 Å². The molecule has 0 bridgehead atoms. The van der Waals surface area contributed by atoms with E-state index in [0.717, 1.165) is 18.9 Å². The molecule has 1 atom stereocenters. The summed E-state index contributed by atoms with van der Waals surface area (Å²) in [6, 6.07) is 0. The van der Waals surface area contributed by atoms with Gasteiger partial charge < -0.3 is 4.74 Å². The molecule has 0 aromatic heterocycles. The molecule has 0 saturated carbocycles. The molecule has 68 valence electrons. The van der Waals surface area contributed by atoms with Crippen LogP contribution in [-0.4, -0.2) is 19.6 Å². The van der Waals surface area contributed by atoms with Crippen LogP contribution >= 0.6 is 11.6 Å². The largest absolute Gasteiger partial charge is 0.384 e. The van der Waals surface area contributed by atoms with Crippen molar-refractivity contribution in [3.05, 3.63) is 0 Å². The number of ether oxygens (including phenoxy) is 1. The van der Waals surface area contributed by atoms with E-state index in [4.69, 9.17) is 16.3 Å². The first-order valence-corrected chi connectivity index (χ1v) is 4.60. The quantitative estimate of drug-likeness (QED) is 0.589. The summed E-state index contributed by atoms with van der Waals surface area (Å²) in [5, 5.41) is 0. The highest BCUT2D eigenvalue weighted by Gasteiger charge is 2.20. The Labute approximate surface area is 75.1 Å². The van der Waals surface area contributed by atoms with Crippen molar-refractivity contribution in [2.45, 2.75) is 27.2 Å². The van der Waals surface area contributed by atoms with Crippen LogP contribution in [0.3, 0.4) is 0 Å². The van der Waals surface area contributed by atoms with Gasteiger partial charge in [0.1, 0.15) is 0 Å². The van der Waals surface area contributed by atoms with E-state index < -0.39 is 0 Å². The summed E-state index contributed by atoms with van der Waals surface area (Å²) in [5.74, 6) is 1.33. The lowest BCUT2D eigenvalue weighted by Crippen LogP contribution is -2.21. The van der Waals surface area contributed by atoms with Crippen molar-refractivity contribution in [2.24, 2.45) is 11.3 Å². The molecule has 0 spiro atoms. The van der Waals surface area contributed by atoms with E-state index in [1.807, 2.05) is 0 Å². The third-order valence-corrected chi connectivity index (χ3v) is 2.23. The Morgan fingerprint density at radius 1 is 1.45 bits per heavy atom. The summed E-state index contributed by atoms with van der Waals surface area (Å²) in [6.07, 6.45) is 1.13. The minimum atomic E-state index is 0.267. The van der Waals surface area contributed by atoms with Crippen LogP contribution in [0.1, 0.15) is 27.2 Å². The average molecular weight is 179 g/mol. The molecule has 1 unspecified atom stereocenters. The molecule has 0 saturated heterocycles. The molecule has 0 amide bonds. The minimum absolute atomic E-state index is 0.267. The van der Waals surface area contributed by atoms with E-state index in [1.54, 1.807) is 7.11 Å². The van der Waals surface area contributed by atoms with Crippen molar-refractivity contribution in [3.63, 3.8) is 0 Å². The smallest absolute Gasteiger partial charge is 0.0513 e. The summed E-state index contributed by atoms with van der Waals surface area (Å²) < 4.78 is 5.11. The highest BCUT2D eigenvalue weighted by atomic mass is 35.5. The van der Waals surface area contributed by atoms with Crippen molar-refractivity contribution in [1.29, 1.82) is 0 Å². The van der Waals surface area contributed by atoms with E-state index in [9.17, 15) is 0 Å². The molecule has 0 heterocycles. The second kappa shape index (κ2) is 5.00. The minimum Gasteiger partial charge on any atom is -0.384 e. The summed E-state index contributed by atoms with van der Waals surface area (Å²) in [7, 11) is 1.74. The molecule has 0 aliphatic heterocycles. The molecule has 0 fully saturated rings. The third kappa shape index (κ3) is 5.51. The standard InChI is InChI=1S/C9H19ClO/c1-8(6-10)5-9(2,3)7-11-4/h8H,5-7H2,1-4H3. The van der Waals surface area contributed by atoms with Crippen molar-refractivity contribution >= 4 is 11.6 Å². The predicted molar refractivity (Wildman–Crippen MR) is 50.2 cm³/mol. The predicted octanol–water partition coefficient (Wildman–Crippen LogP) is 2.92. The van der Waals surface area contributed by atoms with Crippen molar-refractivity contribution in [2.75, 3.05) is 19.6 Å². The second-order valence-electron chi connectivity index (χ2n) is 4.06. The van der Waals surface area contributed by atoms with Crippen LogP contribution in [0.2, 0.25) is 0 Å². The Bertz CT molecular complexity index is 102. The molecular formula is C9H19ClO. The van der Waals surface area contributed by atoms with E-state index in [2.05, 4.69) is 20.8 Å². The van der Waals surface area contributed by atoms with Gasteiger partial charge in [0, 0.05) is 13.0 Å². The van der Waals surface area contributed by atoms with Gasteiger partial charge in [-0.2, -0.15) is 0 Å². The normalized spacial score (nSPS) is 15.0. The van der Waals surface area contributed by atoms with Crippen LogP contribution in [0.5, 0.6) is 0 Å². The zero-order chi connectivity index (χ0) is 8.91. The Morgan fingerprint density at radius 3 is 2.36 bits per heavy atom. The van der Waals surface area contributed by atoms with Gasteiger partial charge in [0.2, 0.25) is 0 Å². The Balaban J connectivity index is 3.70. The second-order valence-corrected chi connectivity index (χ2v) is 4.37. The fourth-order valence-electron chi connectivity index (χ4n) is 1.45. The number of halogens is 1. The monoisotopic (exact) mass is 178 g/mol. The van der Waals surface area contributed by atoms with E-state index in [-0.39, 0.29) is 5.41 Å². The zero-order valence-corrected chi connectivity index (χ0v) is 8.74. The summed E-state index contributed by atoms with van der Waals surface area (Å²) in [5.41, 5.74) is 0.267. The lowest BCUT2D eigenvalue weighted by molar-refractivity contribution is 0.0894. The lowest BCUT2D eigenvalue weighted by Gasteiger charge is -2.26. The van der Waals surface area contributed by atoms with Crippen molar-refractivity contribution in [3.8, 4) is 0 Å². The van der Waals surface area contributed by atoms with Gasteiger partial charge in [-0.3, -0.25) is 0 Å². The molecule has 2 heteroatoms. The van der Waals surface area contributed by atoms with Gasteiger partial charge in [0.25, 0.3) is 0 Å². The molecular weight excluding hydrogens is 160 g/mol. The summed E-state index contributed by atoms with van der Waals surface area (Å²) in [4.78, 5) is 0. The molecule has 0 aliphatic carbocycles. The Morgan fingerprint density at radius 2 is 2.00 bits per heavy atom. The van der Waals surface area contributed by atoms with Gasteiger partial charge >= 0.3 is 0 Å². The van der Waals surface area contributed by atoms with Crippen LogP contribution in [0, 0.1) is 11.3 Å². The molecule has 0 radical (unpaired) electrons. The van der Waals surface area contributed by atoms with Crippen LogP contribution in [0.15, 0.2) is 0 Å². The maximum atomic E-state index is 5.72. The van der Waals surface area contributed by atoms with Gasteiger partial charge in [-0.15, -0.1) is 11.6 Å². The molecule has 0 N–H and O–H groups in total. The maximum Gasteiger partial charge on any atom is 0.0513 e. The summed E-state index contributed by atoms with van der Waals surface area (Å²) >= 11 is 5.72. The Kier molecular flexibility index (Phi) is 5.11. The SMILES string of the molecule is COCC(C)(C)CC(C)CCl. The average Bonchev–Trinajstić information content (AvgIpc) is 1.86. The number of alkyl halides is 1. The van der Waals surface area contributed by atoms with Gasteiger partial charge in [-0.25, -0.2) is 0 Å². The van der Waals surface area contributed by atoms with Gasteiger partial charge in [-0.1, -0.05) is 20.8 Å². The molecule has 0 rings (SSSR count). The van der Waals surface area contributed by atoms with E-state index >= 15 is 0 Å². The third-order valence-electron chi connectivity index (χ3n) is 1.70. The Hall–Kier alpha value is 0.250. The topological polar surface area (TPSA) is 9.23 Å². The first-order chi connectivity index (χ1) is 5.02. The van der Waals surface area contributed by atoms with Crippen LogP contribution < -0.4 is 0 Å². The number of methoxy groups -OCH3 is 1. The first-order valence-electron chi connectivity index (χ1n) is 4.07. The molecule has 0 aromatic rings. The molecule has 0 aromatic carbocycles. The maximum absolute atomic E-state index is 5.72. The highest BCUT2D eigenvalue weighted by molar-refractivity contribution is 6.18. The molecule has 1 nitrogen and oxygen atoms in total. The number of rotatable bonds is 5. The van der Waals surface area contributed by atoms with Gasteiger partial charge in [0.15, 0.2) is 0 Å². The first kappa shape index (κ1) is 11.2. The number of hydrogen-bond acceptors (Lipinski definition) is 1. The highest BCUT2D eigenvalue weighted by Crippen LogP contribution is 2.25. The zero-order valence-electron chi connectivity index (χ0n) is 7.98. The molecule has 0 aliphatic rings. The molecule has 11 heavy (non-hydrogen) atoms. The lowest BCUT2D eigenvalue weighted by atomic mass is 9.85. The fourth-order valence-corrected chi connectivity index (χ4v) is 1.56. The number of hydrogen-bond donors (Lipinski definition) is 0. The van der Waals surface area contributed by atoms with E-state index in [1.165, 1.54) is 0 Å². The van der Waals surface area contributed by atoms with Crippen LogP contribution in [0.4, 0.5) is 0 Å². The van der Waals surface area contributed by atoms with Gasteiger partial charge in [-0.05, 0) is 17.8 Å². The van der Waals surface area contributed by atoms with Crippen molar-refractivity contribution < 1.29 is 4.74 Å². The van der Waals surface area contributed by atoms with Gasteiger partial charge in [0.05, 0.1) is 6.61 Å². The van der Waals surface area contributed by atoms with Crippen LogP contribution in [-0.2, 0) is 4.74 Å². The summed E-state index contributed by atoms with van der Waals surface area (Å²) in [6.45, 7) is 7.40.